The van der Waals surface area contributed by atoms with Gasteiger partial charge in [-0.25, -0.2) is 9.18 Å². The molecule has 7 N–H and O–H groups in total. The minimum Gasteiger partial charge on any atom is -0.463 e. The van der Waals surface area contributed by atoms with E-state index in [2.05, 4.69) is 5.32 Å². The molecule has 1 aliphatic heterocycles. The Bertz CT molecular complexity index is 1930. The first-order valence-electron chi connectivity index (χ1n) is 24.4. The quantitative estimate of drug-likeness (QED) is 0.0895. The van der Waals surface area contributed by atoms with Crippen LogP contribution in [0.4, 0.5) is 4.39 Å². The summed E-state index contributed by atoms with van der Waals surface area (Å²) in [6, 6.07) is -0.718. The number of halogens is 1. The van der Waals surface area contributed by atoms with Crippen molar-refractivity contribution < 1.29 is 68.4 Å². The van der Waals surface area contributed by atoms with Gasteiger partial charge in [-0.3, -0.25) is 19.3 Å². The largest absolute Gasteiger partial charge is 0.463 e. The number of carbonyl (C=O) groups is 4. The van der Waals surface area contributed by atoms with Crippen molar-refractivity contribution in [3.63, 3.8) is 0 Å². The van der Waals surface area contributed by atoms with E-state index in [4.69, 9.17) is 14.2 Å². The number of alkyl halides is 1. The number of aliphatic hydroxyl groups is 6. The van der Waals surface area contributed by atoms with Gasteiger partial charge in [-0.15, -0.1) is 0 Å². The van der Waals surface area contributed by atoms with Crippen molar-refractivity contribution in [1.29, 1.82) is 0 Å². The third kappa shape index (κ3) is 8.12. The summed E-state index contributed by atoms with van der Waals surface area (Å²) >= 11 is 0. The van der Waals surface area contributed by atoms with Crippen molar-refractivity contribution in [3.05, 3.63) is 23.8 Å². The van der Waals surface area contributed by atoms with E-state index in [1.807, 2.05) is 32.6 Å². The smallest absolute Gasteiger partial charge is 0.351 e. The van der Waals surface area contributed by atoms with Crippen molar-refractivity contribution in [2.45, 2.75) is 180 Å². The maximum Gasteiger partial charge on any atom is 0.351 e. The molecule has 0 bridgehead atoms. The highest BCUT2D eigenvalue weighted by atomic mass is 19.1. The van der Waals surface area contributed by atoms with E-state index in [0.29, 0.717) is 37.9 Å². The molecule has 6 rings (SSSR count). The molecule has 2 unspecified atom stereocenters. The summed E-state index contributed by atoms with van der Waals surface area (Å²) in [5, 5.41) is 73.0. The summed E-state index contributed by atoms with van der Waals surface area (Å²) in [4.78, 5) is 55.8. The number of carbonyl (C=O) groups excluding carboxylic acids is 4. The second-order valence-corrected chi connectivity index (χ2v) is 22.2. The highest BCUT2D eigenvalue weighted by Gasteiger charge is 2.78. The molecule has 6 aliphatic rings. The highest BCUT2D eigenvalue weighted by molar-refractivity contribution is 6.01. The summed E-state index contributed by atoms with van der Waals surface area (Å²) in [5.41, 5.74) is -10.1. The van der Waals surface area contributed by atoms with Gasteiger partial charge in [-0.1, -0.05) is 53.2 Å². The van der Waals surface area contributed by atoms with Gasteiger partial charge in [0.15, 0.2) is 11.5 Å². The van der Waals surface area contributed by atoms with Crippen LogP contribution in [0.3, 0.4) is 0 Å². The molecule has 19 atom stereocenters. The Morgan fingerprint density at radius 2 is 1.62 bits per heavy atom. The molecule has 0 aromatic heterocycles. The Labute approximate surface area is 389 Å². The molecule has 1 saturated heterocycles. The van der Waals surface area contributed by atoms with Gasteiger partial charge < -0.3 is 50.2 Å². The molecule has 4 saturated carbocycles. The molecule has 5 aliphatic carbocycles. The zero-order valence-corrected chi connectivity index (χ0v) is 41.0. The number of fused-ring (bicyclic) bond motifs is 6. The normalized spacial score (nSPS) is 48.4. The summed E-state index contributed by atoms with van der Waals surface area (Å²) in [5.74, 6) is -6.31. The predicted molar refractivity (Wildman–Crippen MR) is 241 cm³/mol. The van der Waals surface area contributed by atoms with E-state index in [1.165, 1.54) is 26.0 Å². The van der Waals surface area contributed by atoms with E-state index in [1.54, 1.807) is 40.7 Å². The van der Waals surface area contributed by atoms with E-state index < -0.39 is 123 Å². The van der Waals surface area contributed by atoms with Crippen LogP contribution in [-0.2, 0) is 33.4 Å². The highest BCUT2D eigenvalue weighted by Crippen LogP contribution is 2.72. The number of cyclic esters (lactones) is 1. The average molecular weight is 935 g/mol. The first-order valence-corrected chi connectivity index (χ1v) is 24.4. The van der Waals surface area contributed by atoms with Crippen LogP contribution in [0.25, 0.3) is 0 Å². The van der Waals surface area contributed by atoms with Gasteiger partial charge in [-0.2, -0.15) is 0 Å². The molecule has 16 heteroatoms. The Hall–Kier alpha value is -2.83. The molecule has 0 amide bonds. The maximum absolute atomic E-state index is 18.0. The van der Waals surface area contributed by atoms with Gasteiger partial charge in [0.25, 0.3) is 0 Å². The third-order valence-corrected chi connectivity index (χ3v) is 18.1. The van der Waals surface area contributed by atoms with Crippen molar-refractivity contribution in [2.75, 3.05) is 32.8 Å². The van der Waals surface area contributed by atoms with Gasteiger partial charge in [0.1, 0.15) is 17.8 Å². The van der Waals surface area contributed by atoms with Crippen LogP contribution in [0.1, 0.15) is 121 Å². The Morgan fingerprint density at radius 3 is 2.26 bits per heavy atom. The molecule has 15 nitrogen and oxygen atoms in total. The summed E-state index contributed by atoms with van der Waals surface area (Å²) in [7, 11) is 0. The van der Waals surface area contributed by atoms with Crippen LogP contribution in [0.2, 0.25) is 0 Å². The fourth-order valence-corrected chi connectivity index (χ4v) is 13.8. The number of nitrogens with one attached hydrogen (secondary N) is 1. The second kappa shape index (κ2) is 18.5. The summed E-state index contributed by atoms with van der Waals surface area (Å²) in [6.07, 6.45) is -1.12. The lowest BCUT2D eigenvalue weighted by Gasteiger charge is -2.63. The number of ketones is 1. The number of nitrogens with zero attached hydrogens (tertiary/aromatic N) is 1. The number of hydrogen-bond donors (Lipinski definition) is 7. The first-order chi connectivity index (χ1) is 30.6. The van der Waals surface area contributed by atoms with E-state index in [9.17, 15) is 49.8 Å². The van der Waals surface area contributed by atoms with Crippen molar-refractivity contribution in [1.82, 2.24) is 10.2 Å². The molecule has 0 radical (unpaired) electrons. The minimum atomic E-state index is -2.14. The molecule has 0 aromatic carbocycles. The number of hydrogen-bond acceptors (Lipinski definition) is 15. The standard InChI is InChI=1S/C50H79FN2O13/c1-12-37-47(11,62)41(59)31(7)53(26-44(8)25-48(44,63)40(58)29(5)39(57)30(6)42(60)65-37)20-14-18-52-19-16-38(56)66-50(43(61)64-13-2)28(4)22-34-35-21-27(3)33-23-32(54)15-17-45(33,9)49(35,51)36(55)24-46(34,50)10/h15,17,23,27-31,34-37,39-41,52,55,57-59,62-63H,12-14,16,18-22,24-26H2,1-11H3/t27-,28+,29-,30+,31+,34?,35?,36-,37+,39-,40+,41+,44-,45-,46-,47+,48+,49-,50-/m0/s1. The Kier molecular flexibility index (Phi) is 14.7. The molecule has 0 aromatic rings. The van der Waals surface area contributed by atoms with E-state index >= 15 is 4.39 Å². The van der Waals surface area contributed by atoms with Crippen molar-refractivity contribution in [3.8, 4) is 0 Å². The fraction of sp³-hybridized carbons (Fsp3) is 0.840. The lowest BCUT2D eigenvalue weighted by molar-refractivity contribution is -0.238. The minimum absolute atomic E-state index is 0.0195. The number of aliphatic hydroxyl groups excluding tert-OH is 4. The summed E-state index contributed by atoms with van der Waals surface area (Å²) < 4.78 is 35.7. The van der Waals surface area contributed by atoms with Gasteiger partial charge >= 0.3 is 17.9 Å². The van der Waals surface area contributed by atoms with Gasteiger partial charge in [0, 0.05) is 53.1 Å². The number of rotatable bonds is 11. The van der Waals surface area contributed by atoms with Crippen LogP contribution in [0.5, 0.6) is 0 Å². The molecule has 0 spiro atoms. The average Bonchev–Trinajstić information content (AvgIpc) is 3.74. The van der Waals surface area contributed by atoms with Crippen LogP contribution in [0, 0.1) is 51.8 Å². The van der Waals surface area contributed by atoms with Crippen molar-refractivity contribution >= 4 is 23.7 Å². The zero-order chi connectivity index (χ0) is 49.3. The molecule has 66 heavy (non-hydrogen) atoms. The van der Waals surface area contributed by atoms with Crippen molar-refractivity contribution in [2.24, 2.45) is 51.8 Å². The SMILES string of the molecule is CCOC(=O)[C@@]1(OC(=O)CCNCCCN2C[C@]3(C)C[C@@]3(O)[C@H](O)[C@@H](C)[C@H](O)[C@@H](C)C(=O)O[C@H](CC)[C@@](C)(O)[C@H](O)[C@H]2C)[C@H](C)CC2C3C[C@H](C)C4=CC(=O)C=C[C@]4(C)[C@@]3(F)[C@@H](O)C[C@@]21C. The van der Waals surface area contributed by atoms with E-state index in [-0.39, 0.29) is 57.1 Å². The molecule has 1 heterocycles. The maximum atomic E-state index is 18.0. The van der Waals surface area contributed by atoms with Gasteiger partial charge in [-0.05, 0) is 110 Å². The Balaban J connectivity index is 1.14. The Morgan fingerprint density at radius 1 is 0.955 bits per heavy atom. The number of allylic oxidation sites excluding steroid dienone is 4. The van der Waals surface area contributed by atoms with Gasteiger partial charge in [0.2, 0.25) is 5.60 Å². The summed E-state index contributed by atoms with van der Waals surface area (Å²) in [6.45, 7) is 19.9. The lowest BCUT2D eigenvalue weighted by Crippen LogP contribution is -2.70. The lowest BCUT2D eigenvalue weighted by atomic mass is 9.43. The van der Waals surface area contributed by atoms with Crippen LogP contribution < -0.4 is 5.32 Å². The number of esters is 3. The molecule has 5 fully saturated rings. The first kappa shape index (κ1) is 52.5. The topological polar surface area (TPSA) is 233 Å². The molecular formula is C50H79FN2O13. The number of ether oxygens (including phenoxy) is 3. The zero-order valence-electron chi connectivity index (χ0n) is 41.0. The van der Waals surface area contributed by atoms with E-state index in [0.717, 1.165) is 0 Å². The molecular weight excluding hydrogens is 856 g/mol. The van der Waals surface area contributed by atoms with Crippen LogP contribution in [-0.4, -0.2) is 151 Å². The molecule has 374 valence electrons. The predicted octanol–water partition coefficient (Wildman–Crippen LogP) is 3.34. The third-order valence-electron chi connectivity index (χ3n) is 18.1. The van der Waals surface area contributed by atoms with Gasteiger partial charge in [0.05, 0.1) is 42.9 Å². The monoisotopic (exact) mass is 935 g/mol. The second-order valence-electron chi connectivity index (χ2n) is 22.2. The van der Waals surface area contributed by atoms with Crippen LogP contribution in [0.15, 0.2) is 23.8 Å². The fourth-order valence-electron chi connectivity index (χ4n) is 13.8. The van der Waals surface area contributed by atoms with Crippen LogP contribution >= 0.6 is 0 Å².